The van der Waals surface area contributed by atoms with Crippen LogP contribution in [0.3, 0.4) is 0 Å². The van der Waals surface area contributed by atoms with E-state index in [1.165, 1.54) is 6.33 Å². The van der Waals surface area contributed by atoms with E-state index in [9.17, 15) is 4.79 Å². The molecule has 0 fully saturated rings. The Morgan fingerprint density at radius 2 is 2.08 bits per heavy atom. The molecule has 3 aromatic rings. The summed E-state index contributed by atoms with van der Waals surface area (Å²) in [6, 6.07) is 5.28. The van der Waals surface area contributed by atoms with Gasteiger partial charge in [-0.25, -0.2) is 9.78 Å². The zero-order valence-corrected chi connectivity index (χ0v) is 14.5. The van der Waals surface area contributed by atoms with Gasteiger partial charge in [-0.1, -0.05) is 23.2 Å². The molecule has 0 aliphatic heterocycles. The molecule has 1 amide bonds. The van der Waals surface area contributed by atoms with Gasteiger partial charge in [-0.05, 0) is 32.0 Å². The van der Waals surface area contributed by atoms with Crippen molar-refractivity contribution in [2.24, 2.45) is 0 Å². The van der Waals surface area contributed by atoms with Crippen molar-refractivity contribution in [1.29, 1.82) is 0 Å². The highest BCUT2D eigenvalue weighted by Gasteiger charge is 2.17. The monoisotopic (exact) mass is 364 g/mol. The second kappa shape index (κ2) is 6.62. The third kappa shape index (κ3) is 3.27. The lowest BCUT2D eigenvalue weighted by Gasteiger charge is -2.07. The summed E-state index contributed by atoms with van der Waals surface area (Å²) < 4.78 is 1.74. The van der Waals surface area contributed by atoms with Crippen molar-refractivity contribution >= 4 is 35.1 Å². The SMILES string of the molecule is Cc1nn(-c2ccc(Cl)c(Cl)c2)c(C)c1CC(=O)Nc1ncn[nH]1. The van der Waals surface area contributed by atoms with Crippen molar-refractivity contribution in [3.05, 3.63) is 51.5 Å². The molecule has 0 radical (unpaired) electrons. The molecule has 3 rings (SSSR count). The number of carbonyl (C=O) groups is 1. The van der Waals surface area contributed by atoms with Crippen molar-refractivity contribution in [1.82, 2.24) is 25.0 Å². The number of benzene rings is 1. The molecule has 24 heavy (non-hydrogen) atoms. The Morgan fingerprint density at radius 3 is 2.75 bits per heavy atom. The molecule has 2 aromatic heterocycles. The zero-order valence-electron chi connectivity index (χ0n) is 13.0. The van der Waals surface area contributed by atoms with E-state index in [4.69, 9.17) is 23.2 Å². The Labute approximate surface area is 148 Å². The van der Waals surface area contributed by atoms with Crippen LogP contribution in [0, 0.1) is 13.8 Å². The fraction of sp³-hybridized carbons (Fsp3) is 0.200. The molecule has 0 bridgehead atoms. The Kier molecular flexibility index (Phi) is 4.55. The standard InChI is InChI=1S/C15H14Cl2N6O/c1-8-11(6-14(24)20-15-18-7-19-21-15)9(2)23(22-8)10-3-4-12(16)13(17)5-10/h3-5,7H,6H2,1-2H3,(H2,18,19,20,21,24). The van der Waals surface area contributed by atoms with Gasteiger partial charge < -0.3 is 0 Å². The number of nitrogens with zero attached hydrogens (tertiary/aromatic N) is 4. The normalized spacial score (nSPS) is 10.8. The number of halogens is 2. The molecule has 124 valence electrons. The summed E-state index contributed by atoms with van der Waals surface area (Å²) in [6.45, 7) is 3.76. The van der Waals surface area contributed by atoms with Crippen LogP contribution in [-0.2, 0) is 11.2 Å². The highest BCUT2D eigenvalue weighted by molar-refractivity contribution is 6.42. The fourth-order valence-electron chi connectivity index (χ4n) is 2.40. The van der Waals surface area contributed by atoms with Crippen LogP contribution in [0.2, 0.25) is 10.0 Å². The van der Waals surface area contributed by atoms with Crippen LogP contribution >= 0.6 is 23.2 Å². The van der Waals surface area contributed by atoms with Crippen LogP contribution in [0.5, 0.6) is 0 Å². The minimum absolute atomic E-state index is 0.180. The smallest absolute Gasteiger partial charge is 0.231 e. The number of aromatic amines is 1. The Morgan fingerprint density at radius 1 is 1.29 bits per heavy atom. The van der Waals surface area contributed by atoms with Gasteiger partial charge in [-0.2, -0.15) is 15.2 Å². The van der Waals surface area contributed by atoms with Gasteiger partial charge >= 0.3 is 0 Å². The molecule has 9 heteroatoms. The molecule has 0 atom stereocenters. The van der Waals surface area contributed by atoms with E-state index in [2.05, 4.69) is 25.6 Å². The van der Waals surface area contributed by atoms with Crippen molar-refractivity contribution in [3.8, 4) is 5.69 Å². The van der Waals surface area contributed by atoms with E-state index in [0.717, 1.165) is 22.6 Å². The molecule has 0 saturated heterocycles. The number of amides is 1. The van der Waals surface area contributed by atoms with E-state index in [1.807, 2.05) is 19.9 Å². The fourth-order valence-corrected chi connectivity index (χ4v) is 2.69. The van der Waals surface area contributed by atoms with E-state index < -0.39 is 0 Å². The summed E-state index contributed by atoms with van der Waals surface area (Å²) in [4.78, 5) is 16.0. The average molecular weight is 365 g/mol. The molecule has 2 heterocycles. The summed E-state index contributed by atoms with van der Waals surface area (Å²) in [5, 5.41) is 14.3. The maximum atomic E-state index is 12.2. The molecule has 7 nitrogen and oxygen atoms in total. The molecular weight excluding hydrogens is 351 g/mol. The molecular formula is C15H14Cl2N6O. The number of hydrogen-bond acceptors (Lipinski definition) is 4. The quantitative estimate of drug-likeness (QED) is 0.744. The number of H-pyrrole nitrogens is 1. The first-order valence-electron chi connectivity index (χ1n) is 7.11. The maximum Gasteiger partial charge on any atom is 0.231 e. The van der Waals surface area contributed by atoms with Gasteiger partial charge in [0.15, 0.2) is 0 Å². The van der Waals surface area contributed by atoms with Crippen LogP contribution in [0.4, 0.5) is 5.95 Å². The first kappa shape index (κ1) is 16.5. The molecule has 0 saturated carbocycles. The number of anilines is 1. The summed E-state index contributed by atoms with van der Waals surface area (Å²) in [5.74, 6) is 0.110. The predicted molar refractivity (Wildman–Crippen MR) is 91.8 cm³/mol. The van der Waals surface area contributed by atoms with Crippen molar-refractivity contribution in [3.63, 3.8) is 0 Å². The summed E-state index contributed by atoms with van der Waals surface area (Å²) in [5.41, 5.74) is 3.26. The van der Waals surface area contributed by atoms with Gasteiger partial charge in [0.2, 0.25) is 11.9 Å². The lowest BCUT2D eigenvalue weighted by Crippen LogP contribution is -2.16. The number of aromatic nitrogens is 5. The van der Waals surface area contributed by atoms with Crippen molar-refractivity contribution < 1.29 is 4.79 Å². The lowest BCUT2D eigenvalue weighted by atomic mass is 10.1. The van der Waals surface area contributed by atoms with Crippen molar-refractivity contribution in [2.45, 2.75) is 20.3 Å². The molecule has 2 N–H and O–H groups in total. The van der Waals surface area contributed by atoms with Gasteiger partial charge in [0.1, 0.15) is 6.33 Å². The lowest BCUT2D eigenvalue weighted by molar-refractivity contribution is -0.115. The minimum Gasteiger partial charge on any atom is -0.295 e. The third-order valence-electron chi connectivity index (χ3n) is 3.60. The van der Waals surface area contributed by atoms with Gasteiger partial charge in [0, 0.05) is 11.3 Å². The molecule has 0 spiro atoms. The Hall–Kier alpha value is -2.38. The second-order valence-corrected chi connectivity index (χ2v) is 6.03. The highest BCUT2D eigenvalue weighted by atomic mass is 35.5. The van der Waals surface area contributed by atoms with Crippen LogP contribution in [0.1, 0.15) is 17.0 Å². The maximum absolute atomic E-state index is 12.2. The minimum atomic E-state index is -0.202. The van der Waals surface area contributed by atoms with Crippen LogP contribution < -0.4 is 5.32 Å². The summed E-state index contributed by atoms with van der Waals surface area (Å²) in [6.07, 6.45) is 1.51. The number of nitrogens with one attached hydrogen (secondary N) is 2. The molecule has 0 unspecified atom stereocenters. The Balaban J connectivity index is 1.86. The van der Waals surface area contributed by atoms with E-state index in [-0.39, 0.29) is 12.3 Å². The van der Waals surface area contributed by atoms with Gasteiger partial charge in [0.25, 0.3) is 0 Å². The first-order valence-corrected chi connectivity index (χ1v) is 7.87. The van der Waals surface area contributed by atoms with Gasteiger partial charge in [-0.3, -0.25) is 10.1 Å². The van der Waals surface area contributed by atoms with Crippen LogP contribution in [0.15, 0.2) is 24.5 Å². The second-order valence-electron chi connectivity index (χ2n) is 5.22. The molecule has 1 aromatic carbocycles. The highest BCUT2D eigenvalue weighted by Crippen LogP contribution is 2.26. The van der Waals surface area contributed by atoms with E-state index >= 15 is 0 Å². The summed E-state index contributed by atoms with van der Waals surface area (Å²) >= 11 is 12.0. The molecule has 0 aliphatic carbocycles. The number of hydrogen-bond donors (Lipinski definition) is 2. The predicted octanol–water partition coefficient (Wildman–Crippen LogP) is 3.10. The topological polar surface area (TPSA) is 88.5 Å². The van der Waals surface area contributed by atoms with Gasteiger partial charge in [-0.15, -0.1) is 0 Å². The number of aryl methyl sites for hydroxylation is 1. The Bertz CT molecular complexity index is 888. The molecule has 0 aliphatic rings. The van der Waals surface area contributed by atoms with Crippen LogP contribution in [0.25, 0.3) is 5.69 Å². The van der Waals surface area contributed by atoms with Crippen molar-refractivity contribution in [2.75, 3.05) is 5.32 Å². The average Bonchev–Trinajstić information content (AvgIpc) is 3.13. The zero-order chi connectivity index (χ0) is 17.3. The van der Waals surface area contributed by atoms with E-state index in [1.54, 1.807) is 16.8 Å². The van der Waals surface area contributed by atoms with Crippen LogP contribution in [-0.4, -0.2) is 30.9 Å². The largest absolute Gasteiger partial charge is 0.295 e. The number of carbonyl (C=O) groups excluding carboxylic acids is 1. The first-order chi connectivity index (χ1) is 11.5. The number of rotatable bonds is 4. The summed E-state index contributed by atoms with van der Waals surface area (Å²) in [7, 11) is 0. The third-order valence-corrected chi connectivity index (χ3v) is 4.34. The van der Waals surface area contributed by atoms with E-state index in [0.29, 0.717) is 16.0 Å². The van der Waals surface area contributed by atoms with Gasteiger partial charge in [0.05, 0.1) is 27.8 Å².